The first-order valence-electron chi connectivity index (χ1n) is 7.72. The summed E-state index contributed by atoms with van der Waals surface area (Å²) in [5.74, 6) is -0.336. The highest BCUT2D eigenvalue weighted by molar-refractivity contribution is 6.08. The highest BCUT2D eigenvalue weighted by atomic mass is 16.2. The molecule has 4 rings (SSSR count). The normalized spacial score (nSPS) is 24.7. The number of para-hydroxylation sites is 1. The molecule has 2 amide bonds. The summed E-state index contributed by atoms with van der Waals surface area (Å²) in [5.41, 5.74) is 1.16. The van der Waals surface area contributed by atoms with Crippen molar-refractivity contribution in [1.29, 1.82) is 0 Å². The topological polar surface area (TPSA) is 103 Å². The van der Waals surface area contributed by atoms with Gasteiger partial charge in [-0.1, -0.05) is 18.2 Å². The van der Waals surface area contributed by atoms with E-state index in [1.54, 1.807) is 6.07 Å². The number of hydrogen-bond acceptors (Lipinski definition) is 4. The second-order valence-corrected chi connectivity index (χ2v) is 6.15. The highest BCUT2D eigenvalue weighted by Crippen LogP contribution is 2.43. The first-order chi connectivity index (χ1) is 11.6. The third-order valence-corrected chi connectivity index (χ3v) is 4.69. The van der Waals surface area contributed by atoms with Gasteiger partial charge in [0.2, 0.25) is 17.4 Å². The second-order valence-electron chi connectivity index (χ2n) is 6.15. The number of nitrogens with one attached hydrogen (secondary N) is 4. The first kappa shape index (κ1) is 14.6. The third kappa shape index (κ3) is 2.21. The molecule has 24 heavy (non-hydrogen) atoms. The lowest BCUT2D eigenvalue weighted by atomic mass is 9.79. The molecule has 2 aromatic rings. The van der Waals surface area contributed by atoms with Gasteiger partial charge in [-0.05, 0) is 24.1 Å². The maximum atomic E-state index is 12.5. The molecule has 0 radical (unpaired) electrons. The molecule has 0 bridgehead atoms. The van der Waals surface area contributed by atoms with Gasteiger partial charge in [-0.25, -0.2) is 0 Å². The number of rotatable bonds is 2. The van der Waals surface area contributed by atoms with Crippen LogP contribution in [0.2, 0.25) is 0 Å². The molecule has 0 aliphatic carbocycles. The van der Waals surface area contributed by atoms with Gasteiger partial charge in [0.15, 0.2) is 0 Å². The molecule has 1 aromatic carbocycles. The van der Waals surface area contributed by atoms with Crippen LogP contribution in [0.4, 0.5) is 11.4 Å². The molecular formula is C17H16N4O3. The summed E-state index contributed by atoms with van der Waals surface area (Å²) >= 11 is 0. The highest BCUT2D eigenvalue weighted by Gasteiger charge is 2.52. The van der Waals surface area contributed by atoms with Gasteiger partial charge >= 0.3 is 0 Å². The van der Waals surface area contributed by atoms with Gasteiger partial charge in [0.25, 0.3) is 0 Å². The van der Waals surface area contributed by atoms with Crippen LogP contribution < -0.4 is 21.5 Å². The summed E-state index contributed by atoms with van der Waals surface area (Å²) in [4.78, 5) is 38.8. The predicted octanol–water partition coefficient (Wildman–Crippen LogP) is 0.565. The van der Waals surface area contributed by atoms with Crippen molar-refractivity contribution in [3.63, 3.8) is 0 Å². The van der Waals surface area contributed by atoms with E-state index in [2.05, 4.69) is 20.9 Å². The maximum Gasteiger partial charge on any atom is 0.249 e. The zero-order valence-electron chi connectivity index (χ0n) is 12.8. The van der Waals surface area contributed by atoms with Gasteiger partial charge < -0.3 is 20.9 Å². The average Bonchev–Trinajstić information content (AvgIpc) is 3.12. The van der Waals surface area contributed by atoms with Crippen LogP contribution in [0.25, 0.3) is 0 Å². The average molecular weight is 324 g/mol. The molecule has 2 atom stereocenters. The SMILES string of the molecule is O=C(Nc1cc[nH]c(=O)c1)C1CC2(CN1)C(=O)Nc1ccccc12. The molecule has 1 spiro atoms. The van der Waals surface area contributed by atoms with E-state index in [1.807, 2.05) is 24.3 Å². The quantitative estimate of drug-likeness (QED) is 0.648. The van der Waals surface area contributed by atoms with E-state index in [9.17, 15) is 14.4 Å². The van der Waals surface area contributed by atoms with E-state index >= 15 is 0 Å². The molecule has 0 saturated carbocycles. The van der Waals surface area contributed by atoms with Crippen LogP contribution in [0.3, 0.4) is 0 Å². The minimum Gasteiger partial charge on any atom is -0.329 e. The number of fused-ring (bicyclic) bond motifs is 2. The van der Waals surface area contributed by atoms with Crippen molar-refractivity contribution in [2.45, 2.75) is 17.9 Å². The van der Waals surface area contributed by atoms with Crippen molar-refractivity contribution < 1.29 is 9.59 Å². The number of aromatic nitrogens is 1. The Morgan fingerprint density at radius 1 is 1.21 bits per heavy atom. The smallest absolute Gasteiger partial charge is 0.249 e. The molecule has 3 heterocycles. The fraction of sp³-hybridized carbons (Fsp3) is 0.235. The summed E-state index contributed by atoms with van der Waals surface area (Å²) in [5, 5.41) is 8.74. The summed E-state index contributed by atoms with van der Waals surface area (Å²) in [6.07, 6.45) is 1.85. The zero-order chi connectivity index (χ0) is 16.7. The number of hydrogen-bond donors (Lipinski definition) is 4. The Morgan fingerprint density at radius 3 is 2.88 bits per heavy atom. The van der Waals surface area contributed by atoms with Crippen LogP contribution in [-0.2, 0) is 15.0 Å². The van der Waals surface area contributed by atoms with Gasteiger partial charge in [-0.15, -0.1) is 0 Å². The molecule has 7 nitrogen and oxygen atoms in total. The number of H-pyrrole nitrogens is 1. The fourth-order valence-electron chi connectivity index (χ4n) is 3.48. The molecule has 1 aromatic heterocycles. The van der Waals surface area contributed by atoms with Crippen LogP contribution in [0.15, 0.2) is 47.4 Å². The molecular weight excluding hydrogens is 308 g/mol. The van der Waals surface area contributed by atoms with Crippen molar-refractivity contribution in [2.75, 3.05) is 17.2 Å². The van der Waals surface area contributed by atoms with E-state index in [4.69, 9.17) is 0 Å². The largest absolute Gasteiger partial charge is 0.329 e. The van der Waals surface area contributed by atoms with Crippen LogP contribution in [0, 0.1) is 0 Å². The van der Waals surface area contributed by atoms with Gasteiger partial charge in [-0.3, -0.25) is 14.4 Å². The van der Waals surface area contributed by atoms with Gasteiger partial charge in [0.05, 0.1) is 11.5 Å². The molecule has 1 saturated heterocycles. The fourth-order valence-corrected chi connectivity index (χ4v) is 3.48. The van der Waals surface area contributed by atoms with Gasteiger partial charge in [0.1, 0.15) is 0 Å². The van der Waals surface area contributed by atoms with E-state index in [-0.39, 0.29) is 17.4 Å². The summed E-state index contributed by atoms with van der Waals surface area (Å²) in [6.45, 7) is 0.406. The number of amides is 2. The monoisotopic (exact) mass is 324 g/mol. The lowest BCUT2D eigenvalue weighted by molar-refractivity contribution is -0.120. The Bertz CT molecular complexity index is 891. The molecule has 1 fully saturated rings. The van der Waals surface area contributed by atoms with Crippen molar-refractivity contribution in [2.24, 2.45) is 0 Å². The number of pyridine rings is 1. The van der Waals surface area contributed by atoms with E-state index in [1.165, 1.54) is 12.3 Å². The van der Waals surface area contributed by atoms with Crippen molar-refractivity contribution in [3.05, 3.63) is 58.5 Å². The van der Waals surface area contributed by atoms with Gasteiger partial charge in [0, 0.05) is 30.2 Å². The van der Waals surface area contributed by atoms with E-state index < -0.39 is 11.5 Å². The molecule has 7 heteroatoms. The van der Waals surface area contributed by atoms with Crippen molar-refractivity contribution in [1.82, 2.24) is 10.3 Å². The Balaban J connectivity index is 1.55. The minimum absolute atomic E-state index is 0.0809. The number of carbonyl (C=O) groups excluding carboxylic acids is 2. The number of aromatic amines is 1. The summed E-state index contributed by atoms with van der Waals surface area (Å²) < 4.78 is 0. The second kappa shape index (κ2) is 5.31. The number of carbonyl (C=O) groups is 2. The molecule has 2 unspecified atom stereocenters. The molecule has 4 N–H and O–H groups in total. The molecule has 122 valence electrons. The number of anilines is 2. The summed E-state index contributed by atoms with van der Waals surface area (Å²) in [6, 6.07) is 9.99. The minimum atomic E-state index is -0.716. The Morgan fingerprint density at radius 2 is 2.04 bits per heavy atom. The lowest BCUT2D eigenvalue weighted by Crippen LogP contribution is -2.36. The first-order valence-corrected chi connectivity index (χ1v) is 7.72. The van der Waals surface area contributed by atoms with Crippen molar-refractivity contribution in [3.8, 4) is 0 Å². The van der Waals surface area contributed by atoms with Gasteiger partial charge in [-0.2, -0.15) is 0 Å². The predicted molar refractivity (Wildman–Crippen MR) is 88.8 cm³/mol. The lowest BCUT2D eigenvalue weighted by Gasteiger charge is -2.20. The number of benzene rings is 1. The Labute approximate surface area is 137 Å². The Kier molecular flexibility index (Phi) is 3.24. The maximum absolute atomic E-state index is 12.5. The standard InChI is InChI=1S/C17H16N4O3/c22-14-7-10(5-6-18-14)20-15(23)13-8-17(9-19-13)11-3-1-2-4-12(11)21-16(17)24/h1-7,13,19H,8-9H2,(H,21,24)(H2,18,20,22,23). The van der Waals surface area contributed by atoms with Crippen LogP contribution in [0.1, 0.15) is 12.0 Å². The van der Waals surface area contributed by atoms with Crippen LogP contribution >= 0.6 is 0 Å². The molecule has 2 aliphatic heterocycles. The third-order valence-electron chi connectivity index (χ3n) is 4.69. The Hall–Kier alpha value is -2.93. The molecule has 2 aliphatic rings. The van der Waals surface area contributed by atoms with E-state index in [0.29, 0.717) is 18.7 Å². The van der Waals surface area contributed by atoms with Crippen molar-refractivity contribution >= 4 is 23.2 Å². The summed E-state index contributed by atoms with van der Waals surface area (Å²) in [7, 11) is 0. The zero-order valence-corrected chi connectivity index (χ0v) is 12.8. The van der Waals surface area contributed by atoms with E-state index in [0.717, 1.165) is 11.3 Å². The van der Waals surface area contributed by atoms with Crippen LogP contribution in [-0.4, -0.2) is 29.4 Å². The van der Waals surface area contributed by atoms with Crippen LogP contribution in [0.5, 0.6) is 0 Å².